The molecule has 0 aromatic heterocycles. The molecule has 5 heteroatoms. The Morgan fingerprint density at radius 3 is 2.50 bits per heavy atom. The van der Waals surface area contributed by atoms with Crippen LogP contribution >= 0.6 is 11.8 Å². The second-order valence-electron chi connectivity index (χ2n) is 5.39. The summed E-state index contributed by atoms with van der Waals surface area (Å²) in [6.45, 7) is 0.649. The molecule has 0 aliphatic rings. The van der Waals surface area contributed by atoms with Gasteiger partial charge in [-0.15, -0.1) is 11.8 Å². The van der Waals surface area contributed by atoms with E-state index < -0.39 is 0 Å². The van der Waals surface area contributed by atoms with Gasteiger partial charge < -0.3 is 15.2 Å². The molecule has 0 spiro atoms. The highest BCUT2D eigenvalue weighted by Crippen LogP contribution is 2.21. The summed E-state index contributed by atoms with van der Waals surface area (Å²) in [5, 5.41) is 12.2. The highest BCUT2D eigenvalue weighted by atomic mass is 32.2. The van der Waals surface area contributed by atoms with Gasteiger partial charge in [-0.2, -0.15) is 0 Å². The average molecular weight is 345 g/mol. The summed E-state index contributed by atoms with van der Waals surface area (Å²) in [5.41, 5.74) is 1.18. The van der Waals surface area contributed by atoms with E-state index in [1.54, 1.807) is 31.0 Å². The van der Waals surface area contributed by atoms with E-state index in [1.165, 1.54) is 5.56 Å². The lowest BCUT2D eigenvalue weighted by atomic mass is 10.1. The predicted molar refractivity (Wildman–Crippen MR) is 97.8 cm³/mol. The third-order valence-corrected chi connectivity index (χ3v) is 4.65. The van der Waals surface area contributed by atoms with E-state index in [1.807, 2.05) is 36.4 Å². The Labute approximate surface area is 147 Å². The van der Waals surface area contributed by atoms with Gasteiger partial charge in [0.15, 0.2) is 0 Å². The molecule has 2 N–H and O–H groups in total. The van der Waals surface area contributed by atoms with E-state index in [4.69, 9.17) is 4.74 Å². The van der Waals surface area contributed by atoms with Gasteiger partial charge in [-0.25, -0.2) is 0 Å². The average Bonchev–Trinajstić information content (AvgIpc) is 2.61. The number of hydrogen-bond donors (Lipinski definition) is 2. The minimum Gasteiger partial charge on any atom is -0.508 e. The fourth-order valence-electron chi connectivity index (χ4n) is 2.19. The van der Waals surface area contributed by atoms with Gasteiger partial charge in [0.1, 0.15) is 11.5 Å². The van der Waals surface area contributed by atoms with Gasteiger partial charge in [0.2, 0.25) is 5.91 Å². The van der Waals surface area contributed by atoms with Gasteiger partial charge in [0, 0.05) is 17.9 Å². The van der Waals surface area contributed by atoms with E-state index in [-0.39, 0.29) is 11.7 Å². The molecule has 24 heavy (non-hydrogen) atoms. The van der Waals surface area contributed by atoms with Crippen molar-refractivity contribution < 1.29 is 14.6 Å². The molecule has 0 fully saturated rings. The van der Waals surface area contributed by atoms with E-state index in [0.29, 0.717) is 13.0 Å². The zero-order valence-corrected chi connectivity index (χ0v) is 14.6. The number of benzene rings is 2. The number of phenolic OH excluding ortho intramolecular Hbond substituents is 1. The van der Waals surface area contributed by atoms with Gasteiger partial charge in [0.25, 0.3) is 0 Å². The van der Waals surface area contributed by atoms with Crippen LogP contribution in [0.3, 0.4) is 0 Å². The maximum atomic E-state index is 11.8. The first-order valence-electron chi connectivity index (χ1n) is 7.99. The second-order valence-corrected chi connectivity index (χ2v) is 6.56. The number of methoxy groups -OCH3 is 1. The van der Waals surface area contributed by atoms with Crippen LogP contribution in [0, 0.1) is 0 Å². The normalized spacial score (nSPS) is 10.4. The summed E-state index contributed by atoms with van der Waals surface area (Å²) in [5.74, 6) is 2.09. The Morgan fingerprint density at radius 1 is 1.12 bits per heavy atom. The molecular weight excluding hydrogens is 322 g/mol. The molecule has 0 aliphatic heterocycles. The predicted octanol–water partition coefficient (Wildman–Crippen LogP) is 3.63. The van der Waals surface area contributed by atoms with Crippen LogP contribution in [0.1, 0.15) is 18.4 Å². The maximum absolute atomic E-state index is 11.8. The van der Waals surface area contributed by atoms with Gasteiger partial charge in [-0.1, -0.05) is 12.1 Å². The summed E-state index contributed by atoms with van der Waals surface area (Å²) in [4.78, 5) is 12.9. The van der Waals surface area contributed by atoms with Crippen molar-refractivity contribution in [1.29, 1.82) is 0 Å². The van der Waals surface area contributed by atoms with E-state index in [9.17, 15) is 9.90 Å². The SMILES string of the molecule is COc1ccc(CCNC(=O)CCCSc2ccc(O)cc2)cc1. The summed E-state index contributed by atoms with van der Waals surface area (Å²) >= 11 is 1.69. The molecule has 0 heterocycles. The topological polar surface area (TPSA) is 58.6 Å². The molecule has 0 radical (unpaired) electrons. The van der Waals surface area contributed by atoms with Crippen LogP contribution in [-0.2, 0) is 11.2 Å². The molecule has 0 bridgehead atoms. The fraction of sp³-hybridized carbons (Fsp3) is 0.316. The summed E-state index contributed by atoms with van der Waals surface area (Å²) in [6.07, 6.45) is 2.19. The van der Waals surface area contributed by atoms with Gasteiger partial charge in [-0.3, -0.25) is 4.79 Å². The molecule has 4 nitrogen and oxygen atoms in total. The highest BCUT2D eigenvalue weighted by molar-refractivity contribution is 7.99. The minimum atomic E-state index is 0.0924. The van der Waals surface area contributed by atoms with Crippen LogP contribution in [0.25, 0.3) is 0 Å². The number of carbonyl (C=O) groups excluding carboxylic acids is 1. The first kappa shape index (κ1) is 18.2. The van der Waals surface area contributed by atoms with Crippen LogP contribution in [0.15, 0.2) is 53.4 Å². The Bertz CT molecular complexity index is 626. The molecular formula is C19H23NO3S. The largest absolute Gasteiger partial charge is 0.508 e. The summed E-state index contributed by atoms with van der Waals surface area (Å²) in [6, 6.07) is 15.0. The van der Waals surface area contributed by atoms with Crippen molar-refractivity contribution in [2.75, 3.05) is 19.4 Å². The molecule has 2 aromatic carbocycles. The molecule has 1 amide bonds. The van der Waals surface area contributed by atoms with E-state index in [2.05, 4.69) is 5.32 Å². The van der Waals surface area contributed by atoms with Crippen molar-refractivity contribution in [2.24, 2.45) is 0 Å². The number of phenols is 1. The third-order valence-electron chi connectivity index (χ3n) is 3.55. The van der Waals surface area contributed by atoms with Crippen molar-refractivity contribution in [2.45, 2.75) is 24.2 Å². The summed E-state index contributed by atoms with van der Waals surface area (Å²) < 4.78 is 5.12. The Morgan fingerprint density at radius 2 is 1.83 bits per heavy atom. The molecule has 0 unspecified atom stereocenters. The third kappa shape index (κ3) is 6.54. The molecule has 0 saturated carbocycles. The van der Waals surface area contributed by atoms with E-state index >= 15 is 0 Å². The number of carbonyl (C=O) groups is 1. The molecule has 2 aromatic rings. The maximum Gasteiger partial charge on any atom is 0.220 e. The Hall–Kier alpha value is -2.14. The molecule has 0 saturated heterocycles. The lowest BCUT2D eigenvalue weighted by Gasteiger charge is -2.06. The lowest BCUT2D eigenvalue weighted by molar-refractivity contribution is -0.121. The molecule has 2 rings (SSSR count). The highest BCUT2D eigenvalue weighted by Gasteiger charge is 2.02. The van der Waals surface area contributed by atoms with Crippen LogP contribution < -0.4 is 10.1 Å². The second kappa shape index (κ2) is 9.88. The minimum absolute atomic E-state index is 0.0924. The Kier molecular flexibility index (Phi) is 7.49. The number of nitrogens with one attached hydrogen (secondary N) is 1. The molecule has 0 aliphatic carbocycles. The number of thioether (sulfide) groups is 1. The van der Waals surface area contributed by atoms with Crippen LogP contribution in [-0.4, -0.2) is 30.4 Å². The molecule has 0 atom stereocenters. The monoisotopic (exact) mass is 345 g/mol. The van der Waals surface area contributed by atoms with Crippen molar-refractivity contribution >= 4 is 17.7 Å². The number of aromatic hydroxyl groups is 1. The summed E-state index contributed by atoms with van der Waals surface area (Å²) in [7, 11) is 1.65. The van der Waals surface area contributed by atoms with Gasteiger partial charge in [-0.05, 0) is 60.6 Å². The number of rotatable bonds is 9. The number of hydrogen-bond acceptors (Lipinski definition) is 4. The van der Waals surface area contributed by atoms with Crippen molar-refractivity contribution in [3.63, 3.8) is 0 Å². The molecule has 128 valence electrons. The van der Waals surface area contributed by atoms with Crippen molar-refractivity contribution in [1.82, 2.24) is 5.32 Å². The van der Waals surface area contributed by atoms with Crippen LogP contribution in [0.5, 0.6) is 11.5 Å². The van der Waals surface area contributed by atoms with Crippen molar-refractivity contribution in [3.05, 3.63) is 54.1 Å². The van der Waals surface area contributed by atoms with Gasteiger partial charge in [0.05, 0.1) is 7.11 Å². The van der Waals surface area contributed by atoms with Gasteiger partial charge >= 0.3 is 0 Å². The fourth-order valence-corrected chi connectivity index (χ4v) is 3.04. The zero-order valence-electron chi connectivity index (χ0n) is 13.8. The number of ether oxygens (including phenoxy) is 1. The van der Waals surface area contributed by atoms with Crippen molar-refractivity contribution in [3.8, 4) is 11.5 Å². The quantitative estimate of drug-likeness (QED) is 0.538. The number of amides is 1. The van der Waals surface area contributed by atoms with Crippen LogP contribution in [0.4, 0.5) is 0 Å². The lowest BCUT2D eigenvalue weighted by Crippen LogP contribution is -2.25. The zero-order chi connectivity index (χ0) is 17.2. The standard InChI is InChI=1S/C19H23NO3S/c1-23-17-8-4-15(5-9-17)12-13-20-19(22)3-2-14-24-18-10-6-16(21)7-11-18/h4-11,21H,2-3,12-14H2,1H3,(H,20,22). The van der Waals surface area contributed by atoms with Crippen LogP contribution in [0.2, 0.25) is 0 Å². The first-order valence-corrected chi connectivity index (χ1v) is 8.97. The van der Waals surface area contributed by atoms with E-state index in [0.717, 1.165) is 29.2 Å². The smallest absolute Gasteiger partial charge is 0.220 e. The Balaban J connectivity index is 1.56. The first-order chi connectivity index (χ1) is 11.7.